The van der Waals surface area contributed by atoms with Crippen molar-refractivity contribution in [1.29, 1.82) is 0 Å². The summed E-state index contributed by atoms with van der Waals surface area (Å²) in [6.07, 6.45) is 3.38. The third-order valence-corrected chi connectivity index (χ3v) is 4.12. The number of nitrogens with one attached hydrogen (secondary N) is 1. The largest absolute Gasteiger partial charge is 0.348 e. The van der Waals surface area contributed by atoms with Gasteiger partial charge in [-0.25, -0.2) is 0 Å². The summed E-state index contributed by atoms with van der Waals surface area (Å²) < 4.78 is 2.00. The van der Waals surface area contributed by atoms with Crippen LogP contribution in [0.5, 0.6) is 0 Å². The summed E-state index contributed by atoms with van der Waals surface area (Å²) in [5.41, 5.74) is 5.42. The molecule has 0 aliphatic rings. The van der Waals surface area contributed by atoms with Crippen molar-refractivity contribution >= 4 is 12.0 Å². The van der Waals surface area contributed by atoms with Crippen molar-refractivity contribution in [2.75, 3.05) is 0 Å². The molecule has 0 aliphatic carbocycles. The number of aromatic nitrogens is 2. The second-order valence-electron chi connectivity index (χ2n) is 6.37. The van der Waals surface area contributed by atoms with E-state index in [0.29, 0.717) is 6.54 Å². The smallest absolute Gasteiger partial charge is 0.244 e. The maximum atomic E-state index is 12.0. The zero-order valence-electron chi connectivity index (χ0n) is 15.1. The molecule has 0 radical (unpaired) electrons. The van der Waals surface area contributed by atoms with Crippen LogP contribution in [-0.4, -0.2) is 15.7 Å². The van der Waals surface area contributed by atoms with Gasteiger partial charge in [-0.2, -0.15) is 5.10 Å². The minimum absolute atomic E-state index is 0.0993. The van der Waals surface area contributed by atoms with Gasteiger partial charge in [-0.05, 0) is 42.7 Å². The first-order chi connectivity index (χ1) is 12.6. The number of nitrogens with zero attached hydrogens (tertiary/aromatic N) is 2. The summed E-state index contributed by atoms with van der Waals surface area (Å²) in [6, 6.07) is 20.1. The van der Waals surface area contributed by atoms with Gasteiger partial charge in [0.1, 0.15) is 0 Å². The Morgan fingerprint density at radius 2 is 1.81 bits per heavy atom. The van der Waals surface area contributed by atoms with E-state index in [1.54, 1.807) is 6.08 Å². The Hall–Kier alpha value is -3.14. The van der Waals surface area contributed by atoms with E-state index < -0.39 is 0 Å². The SMILES string of the molecule is Cc1cc(C)n(Cc2cccc(CNC(=O)/C=C/c3ccccc3)c2)n1. The molecule has 0 fully saturated rings. The number of amides is 1. The summed E-state index contributed by atoms with van der Waals surface area (Å²) >= 11 is 0. The number of aryl methyl sites for hydroxylation is 2. The number of rotatable bonds is 6. The van der Waals surface area contributed by atoms with Gasteiger partial charge in [0.15, 0.2) is 0 Å². The van der Waals surface area contributed by atoms with E-state index in [1.165, 1.54) is 5.56 Å². The highest BCUT2D eigenvalue weighted by Gasteiger charge is 2.03. The normalized spacial score (nSPS) is 11.0. The Morgan fingerprint density at radius 1 is 1.04 bits per heavy atom. The van der Waals surface area contributed by atoms with Crippen molar-refractivity contribution < 1.29 is 4.79 Å². The Kier molecular flexibility index (Phi) is 5.64. The maximum Gasteiger partial charge on any atom is 0.244 e. The van der Waals surface area contributed by atoms with Crippen molar-refractivity contribution in [2.24, 2.45) is 0 Å². The number of carbonyl (C=O) groups is 1. The van der Waals surface area contributed by atoms with Gasteiger partial charge < -0.3 is 5.32 Å². The molecule has 1 amide bonds. The van der Waals surface area contributed by atoms with Crippen LogP contribution in [0.25, 0.3) is 6.08 Å². The minimum atomic E-state index is -0.0993. The summed E-state index contributed by atoms with van der Waals surface area (Å²) in [5, 5.41) is 7.43. The maximum absolute atomic E-state index is 12.0. The summed E-state index contributed by atoms with van der Waals surface area (Å²) in [5.74, 6) is -0.0993. The third kappa shape index (κ3) is 4.93. The first kappa shape index (κ1) is 17.7. The van der Waals surface area contributed by atoms with Crippen molar-refractivity contribution in [3.05, 3.63) is 94.8 Å². The predicted molar refractivity (Wildman–Crippen MR) is 105 cm³/mol. The molecular formula is C22H23N3O. The van der Waals surface area contributed by atoms with Crippen LogP contribution in [0.1, 0.15) is 28.1 Å². The fourth-order valence-corrected chi connectivity index (χ4v) is 2.83. The highest BCUT2D eigenvalue weighted by molar-refractivity contribution is 5.91. The third-order valence-electron chi connectivity index (χ3n) is 4.12. The molecule has 4 nitrogen and oxygen atoms in total. The van der Waals surface area contributed by atoms with Crippen LogP contribution in [0.15, 0.2) is 66.7 Å². The average molecular weight is 345 g/mol. The van der Waals surface area contributed by atoms with Crippen molar-refractivity contribution in [2.45, 2.75) is 26.9 Å². The number of carbonyl (C=O) groups excluding carboxylic acids is 1. The van der Waals surface area contributed by atoms with Crippen LogP contribution in [0.4, 0.5) is 0 Å². The van der Waals surface area contributed by atoms with Gasteiger partial charge in [0.05, 0.1) is 12.2 Å². The second-order valence-corrected chi connectivity index (χ2v) is 6.37. The standard InChI is InChI=1S/C22H23N3O/c1-17-13-18(2)25(24-17)16-21-10-6-9-20(14-21)15-23-22(26)12-11-19-7-4-3-5-8-19/h3-14H,15-16H2,1-2H3,(H,23,26)/b12-11+. The van der Waals surface area contributed by atoms with E-state index in [9.17, 15) is 4.79 Å². The quantitative estimate of drug-likeness (QED) is 0.689. The molecule has 0 aliphatic heterocycles. The molecule has 3 aromatic rings. The van der Waals surface area contributed by atoms with Gasteiger partial charge in [0.2, 0.25) is 5.91 Å². The van der Waals surface area contributed by atoms with Crippen molar-refractivity contribution in [1.82, 2.24) is 15.1 Å². The summed E-state index contributed by atoms with van der Waals surface area (Å²) in [4.78, 5) is 12.0. The van der Waals surface area contributed by atoms with Gasteiger partial charge >= 0.3 is 0 Å². The van der Waals surface area contributed by atoms with Crippen LogP contribution in [-0.2, 0) is 17.9 Å². The highest BCUT2D eigenvalue weighted by Crippen LogP contribution is 2.10. The van der Waals surface area contributed by atoms with E-state index in [0.717, 1.165) is 29.1 Å². The molecule has 26 heavy (non-hydrogen) atoms. The molecule has 0 saturated heterocycles. The highest BCUT2D eigenvalue weighted by atomic mass is 16.1. The molecule has 4 heteroatoms. The van der Waals surface area contributed by atoms with Gasteiger partial charge in [-0.1, -0.05) is 54.6 Å². The van der Waals surface area contributed by atoms with Gasteiger partial charge in [-0.15, -0.1) is 0 Å². The van der Waals surface area contributed by atoms with Gasteiger partial charge in [-0.3, -0.25) is 9.48 Å². The molecule has 132 valence electrons. The lowest BCUT2D eigenvalue weighted by Crippen LogP contribution is -2.20. The fourth-order valence-electron chi connectivity index (χ4n) is 2.83. The average Bonchev–Trinajstić information content (AvgIpc) is 2.96. The summed E-state index contributed by atoms with van der Waals surface area (Å²) in [6.45, 7) is 5.29. The van der Waals surface area contributed by atoms with Crippen LogP contribution >= 0.6 is 0 Å². The van der Waals surface area contributed by atoms with E-state index >= 15 is 0 Å². The minimum Gasteiger partial charge on any atom is -0.348 e. The first-order valence-corrected chi connectivity index (χ1v) is 8.70. The van der Waals surface area contributed by atoms with E-state index in [1.807, 2.05) is 60.1 Å². The molecule has 0 atom stereocenters. The lowest BCUT2D eigenvalue weighted by molar-refractivity contribution is -0.116. The van der Waals surface area contributed by atoms with Crippen LogP contribution < -0.4 is 5.32 Å². The van der Waals surface area contributed by atoms with E-state index in [-0.39, 0.29) is 5.91 Å². The Morgan fingerprint density at radius 3 is 2.54 bits per heavy atom. The van der Waals surface area contributed by atoms with E-state index in [2.05, 4.69) is 35.5 Å². The molecule has 1 aromatic heterocycles. The van der Waals surface area contributed by atoms with Crippen LogP contribution in [0.3, 0.4) is 0 Å². The fraction of sp³-hybridized carbons (Fsp3) is 0.182. The van der Waals surface area contributed by atoms with Crippen LogP contribution in [0, 0.1) is 13.8 Å². The molecule has 3 rings (SSSR count). The van der Waals surface area contributed by atoms with Gasteiger partial charge in [0, 0.05) is 18.3 Å². The lowest BCUT2D eigenvalue weighted by Gasteiger charge is -2.08. The zero-order valence-corrected chi connectivity index (χ0v) is 15.1. The topological polar surface area (TPSA) is 46.9 Å². The Balaban J connectivity index is 1.57. The van der Waals surface area contributed by atoms with E-state index in [4.69, 9.17) is 0 Å². The Labute approximate surface area is 154 Å². The molecule has 0 saturated carbocycles. The van der Waals surface area contributed by atoms with Crippen molar-refractivity contribution in [3.63, 3.8) is 0 Å². The first-order valence-electron chi connectivity index (χ1n) is 8.70. The summed E-state index contributed by atoms with van der Waals surface area (Å²) in [7, 11) is 0. The molecule has 1 N–H and O–H groups in total. The lowest BCUT2D eigenvalue weighted by atomic mass is 10.1. The molecule has 0 spiro atoms. The Bertz CT molecular complexity index is 910. The van der Waals surface area contributed by atoms with Crippen LogP contribution in [0.2, 0.25) is 0 Å². The monoisotopic (exact) mass is 345 g/mol. The zero-order chi connectivity index (χ0) is 18.4. The molecule has 0 unspecified atom stereocenters. The molecular weight excluding hydrogens is 322 g/mol. The predicted octanol–water partition coefficient (Wildman–Crippen LogP) is 3.88. The molecule has 1 heterocycles. The second kappa shape index (κ2) is 8.30. The number of hydrogen-bond acceptors (Lipinski definition) is 2. The number of benzene rings is 2. The van der Waals surface area contributed by atoms with Crippen molar-refractivity contribution in [3.8, 4) is 0 Å². The molecule has 0 bridgehead atoms. The molecule has 2 aromatic carbocycles. The van der Waals surface area contributed by atoms with Gasteiger partial charge in [0.25, 0.3) is 0 Å². The number of hydrogen-bond donors (Lipinski definition) is 1.